The number of nitrogens with zero attached hydrogens (tertiary/aromatic N) is 3. The molecule has 0 fully saturated rings. The average molecular weight is 383 g/mol. The Bertz CT molecular complexity index is 1050. The van der Waals surface area contributed by atoms with Crippen LogP contribution in [0.2, 0.25) is 0 Å². The average Bonchev–Trinajstić information content (AvgIpc) is 2.75. The van der Waals surface area contributed by atoms with Crippen molar-refractivity contribution in [3.05, 3.63) is 96.6 Å². The number of rotatable bonds is 7. The Labute approximate surface area is 169 Å². The van der Waals surface area contributed by atoms with Crippen molar-refractivity contribution in [2.45, 2.75) is 13.5 Å². The standard InChI is InChI=1S/C23H21N5O/c1-17-26-22(25-16-18-11-13-24-14-12-18)15-23(27-17)28-19-7-9-21(10-8-19)29-20-5-3-2-4-6-20/h2-15H,16H2,1H3,(H2,25,26,27,28). The van der Waals surface area contributed by atoms with Crippen molar-refractivity contribution in [3.8, 4) is 11.5 Å². The molecular weight excluding hydrogens is 362 g/mol. The minimum Gasteiger partial charge on any atom is -0.457 e. The van der Waals surface area contributed by atoms with Gasteiger partial charge in [0.2, 0.25) is 0 Å². The number of aromatic nitrogens is 3. The van der Waals surface area contributed by atoms with Crippen LogP contribution >= 0.6 is 0 Å². The van der Waals surface area contributed by atoms with Crippen LogP contribution in [0.5, 0.6) is 11.5 Å². The highest BCUT2D eigenvalue weighted by Crippen LogP contribution is 2.24. The molecule has 0 aliphatic heterocycles. The molecule has 4 aromatic rings. The van der Waals surface area contributed by atoms with Gasteiger partial charge in [0, 0.05) is 30.7 Å². The summed E-state index contributed by atoms with van der Waals surface area (Å²) in [5.74, 6) is 3.77. The molecule has 0 unspecified atom stereocenters. The van der Waals surface area contributed by atoms with Gasteiger partial charge in [0.1, 0.15) is 29.0 Å². The van der Waals surface area contributed by atoms with Crippen LogP contribution in [-0.4, -0.2) is 15.0 Å². The molecule has 2 N–H and O–H groups in total. The smallest absolute Gasteiger partial charge is 0.136 e. The van der Waals surface area contributed by atoms with E-state index in [4.69, 9.17) is 4.74 Å². The van der Waals surface area contributed by atoms with E-state index in [0.29, 0.717) is 12.4 Å². The van der Waals surface area contributed by atoms with Gasteiger partial charge >= 0.3 is 0 Å². The van der Waals surface area contributed by atoms with Crippen molar-refractivity contribution in [1.29, 1.82) is 0 Å². The lowest BCUT2D eigenvalue weighted by Gasteiger charge is -2.11. The van der Waals surface area contributed by atoms with Crippen molar-refractivity contribution in [2.75, 3.05) is 10.6 Å². The number of ether oxygens (including phenoxy) is 1. The lowest BCUT2D eigenvalue weighted by atomic mass is 10.2. The number of hydrogen-bond acceptors (Lipinski definition) is 6. The first-order chi connectivity index (χ1) is 14.2. The van der Waals surface area contributed by atoms with Crippen LogP contribution < -0.4 is 15.4 Å². The summed E-state index contributed by atoms with van der Waals surface area (Å²) in [4.78, 5) is 13.0. The van der Waals surface area contributed by atoms with Crippen LogP contribution in [0.25, 0.3) is 0 Å². The van der Waals surface area contributed by atoms with Crippen molar-refractivity contribution in [2.24, 2.45) is 0 Å². The van der Waals surface area contributed by atoms with E-state index in [1.54, 1.807) is 12.4 Å². The van der Waals surface area contributed by atoms with E-state index < -0.39 is 0 Å². The number of hydrogen-bond donors (Lipinski definition) is 2. The lowest BCUT2D eigenvalue weighted by molar-refractivity contribution is 0.483. The van der Waals surface area contributed by atoms with Crippen LogP contribution in [0.1, 0.15) is 11.4 Å². The number of nitrogens with one attached hydrogen (secondary N) is 2. The fourth-order valence-electron chi connectivity index (χ4n) is 2.79. The molecule has 0 aliphatic rings. The molecule has 0 saturated carbocycles. The molecule has 0 radical (unpaired) electrons. The second kappa shape index (κ2) is 8.84. The summed E-state index contributed by atoms with van der Waals surface area (Å²) in [6.07, 6.45) is 3.56. The van der Waals surface area contributed by atoms with Crippen molar-refractivity contribution in [1.82, 2.24) is 15.0 Å². The SMILES string of the molecule is Cc1nc(NCc2ccncc2)cc(Nc2ccc(Oc3ccccc3)cc2)n1. The highest BCUT2D eigenvalue weighted by Gasteiger charge is 2.04. The Morgan fingerprint density at radius 1 is 0.793 bits per heavy atom. The summed E-state index contributed by atoms with van der Waals surface area (Å²) >= 11 is 0. The van der Waals surface area contributed by atoms with E-state index >= 15 is 0 Å². The summed E-state index contributed by atoms with van der Waals surface area (Å²) < 4.78 is 5.83. The van der Waals surface area contributed by atoms with Crippen LogP contribution in [0.3, 0.4) is 0 Å². The van der Waals surface area contributed by atoms with Crippen LogP contribution in [0, 0.1) is 6.92 Å². The summed E-state index contributed by atoms with van der Waals surface area (Å²) in [6.45, 7) is 2.55. The third-order valence-corrected chi connectivity index (χ3v) is 4.17. The molecule has 4 rings (SSSR count). The Morgan fingerprint density at radius 3 is 2.24 bits per heavy atom. The quantitative estimate of drug-likeness (QED) is 0.449. The molecular formula is C23H21N5O. The minimum absolute atomic E-state index is 0.671. The summed E-state index contributed by atoms with van der Waals surface area (Å²) in [6, 6.07) is 23.3. The predicted octanol–water partition coefficient (Wildman–Crippen LogP) is 5.33. The van der Waals surface area contributed by atoms with Gasteiger partial charge in [-0.05, 0) is 61.0 Å². The van der Waals surface area contributed by atoms with Gasteiger partial charge in [0.05, 0.1) is 0 Å². The monoisotopic (exact) mass is 383 g/mol. The molecule has 0 spiro atoms. The molecule has 29 heavy (non-hydrogen) atoms. The predicted molar refractivity (Wildman–Crippen MR) is 115 cm³/mol. The highest BCUT2D eigenvalue weighted by molar-refractivity contribution is 5.60. The van der Waals surface area contributed by atoms with Crippen LogP contribution in [0.4, 0.5) is 17.3 Å². The van der Waals surface area contributed by atoms with Crippen LogP contribution in [0.15, 0.2) is 85.2 Å². The van der Waals surface area contributed by atoms with E-state index in [-0.39, 0.29) is 0 Å². The third-order valence-electron chi connectivity index (χ3n) is 4.17. The van der Waals surface area contributed by atoms with E-state index in [1.165, 1.54) is 0 Å². The highest BCUT2D eigenvalue weighted by atomic mass is 16.5. The topological polar surface area (TPSA) is 72.0 Å². The summed E-state index contributed by atoms with van der Waals surface area (Å²) in [7, 11) is 0. The van der Waals surface area contributed by atoms with Crippen molar-refractivity contribution >= 4 is 17.3 Å². The number of anilines is 3. The van der Waals surface area contributed by atoms with Gasteiger partial charge in [0.15, 0.2) is 0 Å². The molecule has 0 bridgehead atoms. The number of benzene rings is 2. The Morgan fingerprint density at radius 2 is 1.48 bits per heavy atom. The second-order valence-electron chi connectivity index (χ2n) is 6.46. The molecule has 2 heterocycles. The van der Waals surface area contributed by atoms with E-state index in [1.807, 2.05) is 79.7 Å². The fraction of sp³-hybridized carbons (Fsp3) is 0.0870. The molecule has 0 saturated heterocycles. The second-order valence-corrected chi connectivity index (χ2v) is 6.46. The first-order valence-electron chi connectivity index (χ1n) is 9.33. The summed E-state index contributed by atoms with van der Waals surface area (Å²) in [5.41, 5.74) is 2.06. The number of pyridine rings is 1. The normalized spacial score (nSPS) is 10.4. The van der Waals surface area contributed by atoms with Gasteiger partial charge < -0.3 is 15.4 Å². The van der Waals surface area contributed by atoms with E-state index in [2.05, 4.69) is 25.6 Å². The zero-order valence-electron chi connectivity index (χ0n) is 16.0. The van der Waals surface area contributed by atoms with Gasteiger partial charge in [-0.1, -0.05) is 18.2 Å². The van der Waals surface area contributed by atoms with E-state index in [0.717, 1.165) is 34.4 Å². The van der Waals surface area contributed by atoms with Crippen molar-refractivity contribution < 1.29 is 4.74 Å². The molecule has 2 aromatic carbocycles. The molecule has 0 atom stereocenters. The maximum Gasteiger partial charge on any atom is 0.136 e. The molecule has 144 valence electrons. The van der Waals surface area contributed by atoms with Gasteiger partial charge in [-0.15, -0.1) is 0 Å². The first kappa shape index (κ1) is 18.4. The molecule has 0 amide bonds. The first-order valence-corrected chi connectivity index (χ1v) is 9.33. The zero-order valence-corrected chi connectivity index (χ0v) is 16.0. The van der Waals surface area contributed by atoms with Gasteiger partial charge in [-0.3, -0.25) is 4.98 Å². The van der Waals surface area contributed by atoms with E-state index in [9.17, 15) is 0 Å². The van der Waals surface area contributed by atoms with Crippen LogP contribution in [-0.2, 0) is 6.54 Å². The van der Waals surface area contributed by atoms with Gasteiger partial charge in [-0.2, -0.15) is 0 Å². The lowest BCUT2D eigenvalue weighted by Crippen LogP contribution is -2.05. The maximum absolute atomic E-state index is 5.83. The zero-order chi connectivity index (χ0) is 19.9. The molecule has 6 nitrogen and oxygen atoms in total. The Hall–Kier alpha value is -3.93. The Kier molecular flexibility index (Phi) is 5.62. The molecule has 2 aromatic heterocycles. The largest absolute Gasteiger partial charge is 0.457 e. The number of aryl methyl sites for hydroxylation is 1. The maximum atomic E-state index is 5.83. The third kappa shape index (κ3) is 5.29. The molecule has 0 aliphatic carbocycles. The fourth-order valence-corrected chi connectivity index (χ4v) is 2.79. The van der Waals surface area contributed by atoms with Gasteiger partial charge in [0.25, 0.3) is 0 Å². The Balaban J connectivity index is 1.41. The summed E-state index contributed by atoms with van der Waals surface area (Å²) in [5, 5.41) is 6.64. The molecule has 6 heteroatoms. The number of para-hydroxylation sites is 1. The van der Waals surface area contributed by atoms with Crippen molar-refractivity contribution in [3.63, 3.8) is 0 Å². The van der Waals surface area contributed by atoms with Gasteiger partial charge in [-0.25, -0.2) is 9.97 Å². The minimum atomic E-state index is 0.671.